The van der Waals surface area contributed by atoms with E-state index in [1.54, 1.807) is 28.9 Å². The van der Waals surface area contributed by atoms with Crippen molar-refractivity contribution in [2.75, 3.05) is 5.32 Å². The number of hydrogen-bond donors (Lipinski definition) is 1. The van der Waals surface area contributed by atoms with Crippen LogP contribution in [0.1, 0.15) is 35.1 Å². The number of anilines is 1. The smallest absolute Gasteiger partial charge is 0.274 e. The summed E-state index contributed by atoms with van der Waals surface area (Å²) >= 11 is 0. The van der Waals surface area contributed by atoms with Crippen LogP contribution in [0.3, 0.4) is 0 Å². The molecule has 3 aromatic heterocycles. The normalized spacial score (nSPS) is 14.3. The maximum Gasteiger partial charge on any atom is 0.274 e. The molecule has 1 aliphatic rings. The van der Waals surface area contributed by atoms with Gasteiger partial charge in [-0.15, -0.1) is 0 Å². The minimum absolute atomic E-state index is 0.250. The van der Waals surface area contributed by atoms with Crippen molar-refractivity contribution < 1.29 is 4.79 Å². The van der Waals surface area contributed by atoms with Crippen LogP contribution in [0.5, 0.6) is 0 Å². The molecular weight excluding hydrogens is 266 g/mol. The Morgan fingerprint density at radius 2 is 2.14 bits per heavy atom. The highest BCUT2D eigenvalue weighted by Crippen LogP contribution is 2.38. The van der Waals surface area contributed by atoms with Crippen LogP contribution in [0, 0.1) is 0 Å². The van der Waals surface area contributed by atoms with E-state index in [1.807, 2.05) is 18.3 Å². The summed E-state index contributed by atoms with van der Waals surface area (Å²) in [6.07, 6.45) is 5.72. The van der Waals surface area contributed by atoms with Gasteiger partial charge in [0.2, 0.25) is 0 Å². The average molecular weight is 279 g/mol. The zero-order valence-corrected chi connectivity index (χ0v) is 11.2. The van der Waals surface area contributed by atoms with Gasteiger partial charge in [-0.1, -0.05) is 6.07 Å². The number of carbonyl (C=O) groups is 1. The highest BCUT2D eigenvalue weighted by atomic mass is 16.1. The second-order valence-electron chi connectivity index (χ2n) is 5.10. The molecule has 3 heterocycles. The third-order valence-electron chi connectivity index (χ3n) is 3.47. The first kappa shape index (κ1) is 12.0. The van der Waals surface area contributed by atoms with Crippen molar-refractivity contribution in [1.29, 1.82) is 0 Å². The lowest BCUT2D eigenvalue weighted by Crippen LogP contribution is -2.14. The first-order valence-corrected chi connectivity index (χ1v) is 6.89. The molecule has 0 atom stereocenters. The fourth-order valence-electron chi connectivity index (χ4n) is 2.22. The van der Waals surface area contributed by atoms with Crippen LogP contribution in [-0.4, -0.2) is 25.5 Å². The van der Waals surface area contributed by atoms with E-state index in [0.717, 1.165) is 18.7 Å². The summed E-state index contributed by atoms with van der Waals surface area (Å²) < 4.78 is 1.71. The van der Waals surface area contributed by atoms with Crippen molar-refractivity contribution >= 4 is 17.2 Å². The third-order valence-corrected chi connectivity index (χ3v) is 3.47. The molecular formula is C15H13N5O. The van der Waals surface area contributed by atoms with E-state index in [4.69, 9.17) is 0 Å². The predicted molar refractivity (Wildman–Crippen MR) is 77.2 cm³/mol. The van der Waals surface area contributed by atoms with E-state index in [1.165, 1.54) is 0 Å². The molecule has 0 saturated heterocycles. The van der Waals surface area contributed by atoms with Gasteiger partial charge in [0, 0.05) is 18.3 Å². The lowest BCUT2D eigenvalue weighted by Gasteiger charge is -2.05. The molecule has 1 fully saturated rings. The molecule has 0 aliphatic heterocycles. The molecule has 21 heavy (non-hydrogen) atoms. The number of hydrogen-bond acceptors (Lipinski definition) is 4. The standard InChI is InChI=1S/C15H13N5O/c21-15(12-4-1-2-8-16-12)17-11-5-3-9-20-14(11)18-13(19-20)10-6-7-10/h1-5,8-10H,6-7H2,(H,17,21). The Labute approximate surface area is 120 Å². The number of aromatic nitrogens is 4. The fraction of sp³-hybridized carbons (Fsp3) is 0.200. The molecule has 1 saturated carbocycles. The number of carbonyl (C=O) groups excluding carboxylic acids is 1. The second kappa shape index (κ2) is 4.66. The molecule has 0 bridgehead atoms. The van der Waals surface area contributed by atoms with Crippen LogP contribution in [-0.2, 0) is 0 Å². The van der Waals surface area contributed by atoms with Crippen molar-refractivity contribution in [2.45, 2.75) is 18.8 Å². The Bertz CT molecular complexity index is 807. The van der Waals surface area contributed by atoms with Crippen LogP contribution in [0.25, 0.3) is 5.65 Å². The van der Waals surface area contributed by atoms with E-state index >= 15 is 0 Å². The second-order valence-corrected chi connectivity index (χ2v) is 5.10. The van der Waals surface area contributed by atoms with E-state index in [2.05, 4.69) is 20.4 Å². The number of rotatable bonds is 3. The Hall–Kier alpha value is -2.76. The molecule has 0 unspecified atom stereocenters. The quantitative estimate of drug-likeness (QED) is 0.798. The van der Waals surface area contributed by atoms with Gasteiger partial charge in [0.25, 0.3) is 5.91 Å². The van der Waals surface area contributed by atoms with E-state index in [-0.39, 0.29) is 5.91 Å². The monoisotopic (exact) mass is 279 g/mol. The Morgan fingerprint density at radius 1 is 1.24 bits per heavy atom. The first-order chi connectivity index (χ1) is 10.3. The maximum atomic E-state index is 12.2. The summed E-state index contributed by atoms with van der Waals surface area (Å²) in [7, 11) is 0. The van der Waals surface area contributed by atoms with Gasteiger partial charge in [-0.2, -0.15) is 5.10 Å². The fourth-order valence-corrected chi connectivity index (χ4v) is 2.22. The zero-order valence-electron chi connectivity index (χ0n) is 11.2. The van der Waals surface area contributed by atoms with Crippen molar-refractivity contribution in [3.63, 3.8) is 0 Å². The van der Waals surface area contributed by atoms with Gasteiger partial charge in [-0.05, 0) is 37.1 Å². The average Bonchev–Trinajstić information content (AvgIpc) is 3.28. The van der Waals surface area contributed by atoms with Gasteiger partial charge in [0.15, 0.2) is 11.5 Å². The summed E-state index contributed by atoms with van der Waals surface area (Å²) in [5, 5.41) is 7.30. The van der Waals surface area contributed by atoms with Crippen molar-refractivity contribution in [3.8, 4) is 0 Å². The molecule has 104 valence electrons. The summed E-state index contributed by atoms with van der Waals surface area (Å²) in [5.41, 5.74) is 1.69. The van der Waals surface area contributed by atoms with Crippen molar-refractivity contribution in [2.24, 2.45) is 0 Å². The molecule has 0 radical (unpaired) electrons. The first-order valence-electron chi connectivity index (χ1n) is 6.89. The van der Waals surface area contributed by atoms with Crippen LogP contribution < -0.4 is 5.32 Å². The predicted octanol–water partition coefficient (Wildman–Crippen LogP) is 2.25. The van der Waals surface area contributed by atoms with Gasteiger partial charge >= 0.3 is 0 Å². The lowest BCUT2D eigenvalue weighted by atomic mass is 10.3. The highest BCUT2D eigenvalue weighted by Gasteiger charge is 2.28. The molecule has 1 aliphatic carbocycles. The number of nitrogens with zero attached hydrogens (tertiary/aromatic N) is 4. The Balaban J connectivity index is 1.68. The van der Waals surface area contributed by atoms with E-state index in [9.17, 15) is 4.79 Å². The SMILES string of the molecule is O=C(Nc1cccn2nc(C3CC3)nc12)c1ccccn1. The van der Waals surface area contributed by atoms with Gasteiger partial charge in [0.1, 0.15) is 5.69 Å². The van der Waals surface area contributed by atoms with Gasteiger partial charge in [-0.25, -0.2) is 9.50 Å². The van der Waals surface area contributed by atoms with Crippen LogP contribution in [0.15, 0.2) is 42.7 Å². The minimum Gasteiger partial charge on any atom is -0.317 e. The Morgan fingerprint density at radius 3 is 2.90 bits per heavy atom. The number of fused-ring (bicyclic) bond motifs is 1. The van der Waals surface area contributed by atoms with Crippen LogP contribution >= 0.6 is 0 Å². The summed E-state index contributed by atoms with van der Waals surface area (Å²) in [4.78, 5) is 20.8. The van der Waals surface area contributed by atoms with Crippen molar-refractivity contribution in [1.82, 2.24) is 19.6 Å². The molecule has 0 spiro atoms. The minimum atomic E-state index is -0.250. The molecule has 1 N–H and O–H groups in total. The van der Waals surface area contributed by atoms with Crippen molar-refractivity contribution in [3.05, 3.63) is 54.2 Å². The molecule has 0 aromatic carbocycles. The van der Waals surface area contributed by atoms with Gasteiger partial charge in [0.05, 0.1) is 5.69 Å². The third kappa shape index (κ3) is 2.24. The molecule has 1 amide bonds. The number of amides is 1. The van der Waals surface area contributed by atoms with E-state index in [0.29, 0.717) is 22.9 Å². The lowest BCUT2D eigenvalue weighted by molar-refractivity contribution is 0.102. The number of nitrogens with one attached hydrogen (secondary N) is 1. The number of pyridine rings is 2. The van der Waals surface area contributed by atoms with Crippen LogP contribution in [0.4, 0.5) is 5.69 Å². The van der Waals surface area contributed by atoms with E-state index < -0.39 is 0 Å². The zero-order chi connectivity index (χ0) is 14.2. The summed E-state index contributed by atoms with van der Waals surface area (Å²) in [6.45, 7) is 0. The van der Waals surface area contributed by atoms with Gasteiger partial charge < -0.3 is 5.32 Å². The topological polar surface area (TPSA) is 72.2 Å². The molecule has 4 rings (SSSR count). The van der Waals surface area contributed by atoms with Gasteiger partial charge in [-0.3, -0.25) is 9.78 Å². The summed E-state index contributed by atoms with van der Waals surface area (Å²) in [6, 6.07) is 8.89. The highest BCUT2D eigenvalue weighted by molar-refractivity contribution is 6.04. The maximum absolute atomic E-state index is 12.2. The van der Waals surface area contributed by atoms with Crippen LogP contribution in [0.2, 0.25) is 0 Å². The largest absolute Gasteiger partial charge is 0.317 e. The Kier molecular flexibility index (Phi) is 2.67. The molecule has 3 aromatic rings. The molecule has 6 nitrogen and oxygen atoms in total. The summed E-state index contributed by atoms with van der Waals surface area (Å²) in [5.74, 6) is 1.08. The molecule has 6 heteroatoms.